The summed E-state index contributed by atoms with van der Waals surface area (Å²) in [5.41, 5.74) is 1.41. The second-order valence-corrected chi connectivity index (χ2v) is 5.81. The molecule has 0 unspecified atom stereocenters. The number of carbonyl (C=O) groups is 1. The molecule has 1 N–H and O–H groups in total. The lowest BCUT2D eigenvalue weighted by atomic mass is 9.95. The number of alkyl halides is 1. The summed E-state index contributed by atoms with van der Waals surface area (Å²) in [7, 11) is 0. The van der Waals surface area contributed by atoms with Crippen LogP contribution in [0.5, 0.6) is 0 Å². The summed E-state index contributed by atoms with van der Waals surface area (Å²) < 4.78 is 1.02. The highest BCUT2D eigenvalue weighted by Crippen LogP contribution is 2.25. The maximum absolute atomic E-state index is 12.0. The summed E-state index contributed by atoms with van der Waals surface area (Å²) in [4.78, 5) is 12.0. The molecule has 0 aliphatic carbocycles. The largest absolute Gasteiger partial charge is 0.325 e. The Morgan fingerprint density at radius 2 is 2.12 bits per heavy atom. The van der Waals surface area contributed by atoms with E-state index in [4.69, 9.17) is 11.6 Å². The zero-order valence-corrected chi connectivity index (χ0v) is 12.7. The van der Waals surface area contributed by atoms with Gasteiger partial charge in [0.15, 0.2) is 0 Å². The van der Waals surface area contributed by atoms with Crippen LogP contribution in [-0.2, 0) is 11.2 Å². The van der Waals surface area contributed by atoms with Crippen LogP contribution >= 0.6 is 27.5 Å². The number of nitrogens with one attached hydrogen (secondary N) is 1. The SMILES string of the molecule is CCc1cc(Br)ccc1NC(=O)C(C)(C)CCl. The Hall–Kier alpha value is -0.540. The van der Waals surface area contributed by atoms with Gasteiger partial charge in [0.1, 0.15) is 0 Å². The van der Waals surface area contributed by atoms with E-state index in [0.29, 0.717) is 5.88 Å². The molecule has 0 fully saturated rings. The molecule has 0 saturated carbocycles. The van der Waals surface area contributed by atoms with Crippen LogP contribution in [0.2, 0.25) is 0 Å². The van der Waals surface area contributed by atoms with Gasteiger partial charge in [-0.3, -0.25) is 4.79 Å². The highest BCUT2D eigenvalue weighted by atomic mass is 79.9. The normalized spacial score (nSPS) is 11.4. The number of anilines is 1. The average Bonchev–Trinajstić information content (AvgIpc) is 2.31. The minimum Gasteiger partial charge on any atom is -0.325 e. The Balaban J connectivity index is 2.92. The van der Waals surface area contributed by atoms with Crippen molar-refractivity contribution in [3.63, 3.8) is 0 Å². The fourth-order valence-electron chi connectivity index (χ4n) is 1.33. The van der Waals surface area contributed by atoms with Crippen LogP contribution in [0.3, 0.4) is 0 Å². The van der Waals surface area contributed by atoms with Crippen molar-refractivity contribution in [2.75, 3.05) is 11.2 Å². The third-order valence-corrected chi connectivity index (χ3v) is 3.81. The number of rotatable bonds is 4. The molecule has 0 heterocycles. The van der Waals surface area contributed by atoms with Gasteiger partial charge in [-0.2, -0.15) is 0 Å². The quantitative estimate of drug-likeness (QED) is 0.828. The summed E-state index contributed by atoms with van der Waals surface area (Å²) in [5, 5.41) is 2.94. The van der Waals surface area contributed by atoms with Gasteiger partial charge < -0.3 is 5.32 Å². The second kappa shape index (κ2) is 5.87. The molecule has 0 radical (unpaired) electrons. The van der Waals surface area contributed by atoms with Gasteiger partial charge >= 0.3 is 0 Å². The summed E-state index contributed by atoms with van der Waals surface area (Å²) in [5.74, 6) is 0.251. The van der Waals surface area contributed by atoms with Gasteiger partial charge in [0, 0.05) is 16.0 Å². The van der Waals surface area contributed by atoms with Gasteiger partial charge in [-0.15, -0.1) is 11.6 Å². The molecule has 4 heteroatoms. The summed E-state index contributed by atoms with van der Waals surface area (Å²) in [6.07, 6.45) is 0.871. The molecule has 1 rings (SSSR count). The Morgan fingerprint density at radius 1 is 1.47 bits per heavy atom. The summed E-state index contributed by atoms with van der Waals surface area (Å²) in [6, 6.07) is 5.84. The Morgan fingerprint density at radius 3 is 2.65 bits per heavy atom. The molecule has 0 aliphatic heterocycles. The monoisotopic (exact) mass is 317 g/mol. The smallest absolute Gasteiger partial charge is 0.231 e. The van der Waals surface area contributed by atoms with Gasteiger partial charge in [0.2, 0.25) is 5.91 Å². The molecule has 17 heavy (non-hydrogen) atoms. The molecule has 0 spiro atoms. The maximum Gasteiger partial charge on any atom is 0.231 e. The minimum absolute atomic E-state index is 0.0514. The van der Waals surface area contributed by atoms with E-state index in [0.717, 1.165) is 22.1 Å². The summed E-state index contributed by atoms with van der Waals surface area (Å²) >= 11 is 9.21. The van der Waals surface area contributed by atoms with Crippen LogP contribution in [0, 0.1) is 5.41 Å². The van der Waals surface area contributed by atoms with Crippen molar-refractivity contribution in [2.24, 2.45) is 5.41 Å². The lowest BCUT2D eigenvalue weighted by molar-refractivity contribution is -0.122. The van der Waals surface area contributed by atoms with Crippen LogP contribution in [0.15, 0.2) is 22.7 Å². The molecule has 0 bridgehead atoms. The van der Waals surface area contributed by atoms with Crippen molar-refractivity contribution in [3.05, 3.63) is 28.2 Å². The molecular formula is C13H17BrClNO. The molecule has 0 aliphatic rings. The van der Waals surface area contributed by atoms with Crippen LogP contribution in [-0.4, -0.2) is 11.8 Å². The molecule has 1 amide bonds. The van der Waals surface area contributed by atoms with E-state index in [2.05, 4.69) is 28.2 Å². The highest BCUT2D eigenvalue weighted by Gasteiger charge is 2.26. The van der Waals surface area contributed by atoms with E-state index < -0.39 is 5.41 Å². The first-order valence-electron chi connectivity index (χ1n) is 5.56. The highest BCUT2D eigenvalue weighted by molar-refractivity contribution is 9.10. The zero-order chi connectivity index (χ0) is 13.1. The standard InChI is InChI=1S/C13H17BrClNO/c1-4-9-7-10(14)5-6-11(9)16-12(17)13(2,3)8-15/h5-7H,4,8H2,1-3H3,(H,16,17). The lowest BCUT2D eigenvalue weighted by Gasteiger charge is -2.21. The first kappa shape index (κ1) is 14.5. The molecule has 0 atom stereocenters. The van der Waals surface area contributed by atoms with Crippen LogP contribution in [0.1, 0.15) is 26.3 Å². The number of carbonyl (C=O) groups excluding carboxylic acids is 1. The molecule has 2 nitrogen and oxygen atoms in total. The molecule has 1 aromatic carbocycles. The Kier molecular flexibility index (Phi) is 5.02. The van der Waals surface area contributed by atoms with Crippen LogP contribution in [0.25, 0.3) is 0 Å². The van der Waals surface area contributed by atoms with Crippen molar-refractivity contribution >= 4 is 39.1 Å². The average molecular weight is 319 g/mol. The molecular weight excluding hydrogens is 302 g/mol. The van der Waals surface area contributed by atoms with Crippen molar-refractivity contribution in [1.29, 1.82) is 0 Å². The minimum atomic E-state index is -0.556. The summed E-state index contributed by atoms with van der Waals surface area (Å²) in [6.45, 7) is 5.73. The molecule has 1 aromatic rings. The number of aryl methyl sites for hydroxylation is 1. The first-order chi connectivity index (χ1) is 7.90. The maximum atomic E-state index is 12.0. The third-order valence-electron chi connectivity index (χ3n) is 2.65. The Bertz CT molecular complexity index is 418. The fraction of sp³-hybridized carbons (Fsp3) is 0.462. The van der Waals surface area contributed by atoms with E-state index >= 15 is 0 Å². The van der Waals surface area contributed by atoms with Crippen molar-refractivity contribution in [3.8, 4) is 0 Å². The Labute approximate surface area is 116 Å². The van der Waals surface area contributed by atoms with Gasteiger partial charge in [0.25, 0.3) is 0 Å². The predicted molar refractivity (Wildman–Crippen MR) is 76.7 cm³/mol. The van der Waals surface area contributed by atoms with E-state index in [1.54, 1.807) is 0 Å². The zero-order valence-electron chi connectivity index (χ0n) is 10.3. The number of amides is 1. The van der Waals surface area contributed by atoms with E-state index in [9.17, 15) is 4.79 Å². The van der Waals surface area contributed by atoms with Crippen LogP contribution in [0.4, 0.5) is 5.69 Å². The van der Waals surface area contributed by atoms with Gasteiger partial charge in [-0.25, -0.2) is 0 Å². The molecule has 94 valence electrons. The number of hydrogen-bond donors (Lipinski definition) is 1. The first-order valence-corrected chi connectivity index (χ1v) is 6.89. The number of halogens is 2. The van der Waals surface area contributed by atoms with E-state index in [1.807, 2.05) is 32.0 Å². The predicted octanol–water partition coefficient (Wildman–Crippen LogP) is 4.22. The van der Waals surface area contributed by atoms with Crippen LogP contribution < -0.4 is 5.32 Å². The van der Waals surface area contributed by atoms with Crippen molar-refractivity contribution in [1.82, 2.24) is 0 Å². The van der Waals surface area contributed by atoms with Gasteiger partial charge in [-0.1, -0.05) is 22.9 Å². The molecule has 0 saturated heterocycles. The van der Waals surface area contributed by atoms with E-state index in [-0.39, 0.29) is 5.91 Å². The van der Waals surface area contributed by atoms with E-state index in [1.165, 1.54) is 0 Å². The topological polar surface area (TPSA) is 29.1 Å². The van der Waals surface area contributed by atoms with Gasteiger partial charge in [0.05, 0.1) is 5.41 Å². The second-order valence-electron chi connectivity index (χ2n) is 4.63. The lowest BCUT2D eigenvalue weighted by Crippen LogP contribution is -2.32. The van der Waals surface area contributed by atoms with Gasteiger partial charge in [-0.05, 0) is 44.0 Å². The molecule has 0 aromatic heterocycles. The number of hydrogen-bond acceptors (Lipinski definition) is 1. The van der Waals surface area contributed by atoms with Crippen molar-refractivity contribution in [2.45, 2.75) is 27.2 Å². The fourth-order valence-corrected chi connectivity index (χ4v) is 1.86. The number of benzene rings is 1. The third kappa shape index (κ3) is 3.71. The van der Waals surface area contributed by atoms with Crippen molar-refractivity contribution < 1.29 is 4.79 Å².